The molecule has 248 valence electrons. The van der Waals surface area contributed by atoms with Crippen LogP contribution < -0.4 is 9.47 Å². The van der Waals surface area contributed by atoms with Crippen molar-refractivity contribution >= 4 is 21.8 Å². The highest BCUT2D eigenvalue weighted by Gasteiger charge is 2.30. The van der Waals surface area contributed by atoms with Gasteiger partial charge in [-0.15, -0.1) is 0 Å². The Kier molecular flexibility index (Phi) is 8.88. The second-order valence-corrected chi connectivity index (χ2v) is 11.7. The Labute approximate surface area is 288 Å². The number of hydrogen-bond acceptors (Lipinski definition) is 2. The van der Waals surface area contributed by atoms with E-state index in [-0.39, 0.29) is 0 Å². The summed E-state index contributed by atoms with van der Waals surface area (Å²) in [6, 6.07) is 52.4. The first-order chi connectivity index (χ1) is 24.4. The minimum absolute atomic E-state index is 0.571. The first-order valence-electron chi connectivity index (χ1n) is 16.1. The number of alkyl halides is 3. The van der Waals surface area contributed by atoms with E-state index in [1.54, 1.807) is 20.3 Å². The molecular weight excluding hydrogens is 633 g/mol. The van der Waals surface area contributed by atoms with E-state index >= 15 is 0 Å². The molecule has 0 radical (unpaired) electrons. The SMILES string of the molecule is COc1ccc(-n2c(-c3ccc(C(F)(F)F)cc3)cc3ccccc32)cc1OC.c1ccc(-c2cc3ccccc3n2-c2ccccc2)cc1. The smallest absolute Gasteiger partial charge is 0.416 e. The zero-order valence-electron chi connectivity index (χ0n) is 27.4. The standard InChI is InChI=1S/C23H18F3NO2.C20H15N/c1-28-21-12-11-18(14-22(21)29-2)27-19-6-4-3-5-16(19)13-20(27)15-7-9-17(10-8-15)23(24,25)26;1-3-9-16(10-4-1)20-15-17-11-7-8-14-19(17)21(20)18-12-5-2-6-13-18/h3-14H,1-2H3;1-15H. The third kappa shape index (κ3) is 6.33. The molecule has 0 bridgehead atoms. The second kappa shape index (κ2) is 13.7. The van der Waals surface area contributed by atoms with Crippen LogP contribution >= 0.6 is 0 Å². The molecule has 0 aliphatic rings. The number of methoxy groups -OCH3 is 2. The summed E-state index contributed by atoms with van der Waals surface area (Å²) >= 11 is 0. The predicted octanol–water partition coefficient (Wildman–Crippen LogP) is 11.6. The average molecular weight is 667 g/mol. The van der Waals surface area contributed by atoms with E-state index in [4.69, 9.17) is 9.47 Å². The summed E-state index contributed by atoms with van der Waals surface area (Å²) in [5.41, 5.74) is 7.44. The lowest BCUT2D eigenvalue weighted by Crippen LogP contribution is -2.04. The van der Waals surface area contributed by atoms with Crippen LogP contribution in [0.3, 0.4) is 0 Å². The molecule has 0 N–H and O–H groups in total. The maximum Gasteiger partial charge on any atom is 0.416 e. The fourth-order valence-electron chi connectivity index (χ4n) is 6.27. The van der Waals surface area contributed by atoms with Crippen molar-refractivity contribution in [3.63, 3.8) is 0 Å². The number of para-hydroxylation sites is 3. The van der Waals surface area contributed by atoms with E-state index in [2.05, 4.69) is 95.6 Å². The number of rotatable bonds is 6. The number of benzene rings is 6. The fraction of sp³-hybridized carbons (Fsp3) is 0.0698. The summed E-state index contributed by atoms with van der Waals surface area (Å²) in [6.07, 6.45) is -4.37. The highest BCUT2D eigenvalue weighted by Crippen LogP contribution is 2.37. The van der Waals surface area contributed by atoms with Crippen LogP contribution in [0.5, 0.6) is 11.5 Å². The summed E-state index contributed by atoms with van der Waals surface area (Å²) in [5.74, 6) is 1.17. The van der Waals surface area contributed by atoms with Gasteiger partial charge in [0.2, 0.25) is 0 Å². The number of aromatic nitrogens is 2. The molecule has 6 aromatic carbocycles. The zero-order chi connectivity index (χ0) is 34.7. The lowest BCUT2D eigenvalue weighted by Gasteiger charge is -2.15. The molecule has 50 heavy (non-hydrogen) atoms. The minimum Gasteiger partial charge on any atom is -0.493 e. The Morgan fingerprint density at radius 3 is 1.46 bits per heavy atom. The lowest BCUT2D eigenvalue weighted by atomic mass is 10.1. The van der Waals surface area contributed by atoms with Crippen molar-refractivity contribution in [3.8, 4) is 45.4 Å². The van der Waals surface area contributed by atoms with Gasteiger partial charge in [0, 0.05) is 22.5 Å². The molecule has 7 heteroatoms. The van der Waals surface area contributed by atoms with Gasteiger partial charge >= 0.3 is 6.18 Å². The van der Waals surface area contributed by atoms with Crippen LogP contribution in [0.2, 0.25) is 0 Å². The van der Waals surface area contributed by atoms with Crippen LogP contribution in [0, 0.1) is 0 Å². The minimum atomic E-state index is -4.37. The molecule has 2 heterocycles. The van der Waals surface area contributed by atoms with Gasteiger partial charge in [0.25, 0.3) is 0 Å². The summed E-state index contributed by atoms with van der Waals surface area (Å²) < 4.78 is 53.9. The molecule has 0 fully saturated rings. The third-order valence-electron chi connectivity index (χ3n) is 8.64. The van der Waals surface area contributed by atoms with E-state index in [9.17, 15) is 13.2 Å². The van der Waals surface area contributed by atoms with Gasteiger partial charge in [-0.2, -0.15) is 13.2 Å². The van der Waals surface area contributed by atoms with Crippen LogP contribution in [0.25, 0.3) is 55.7 Å². The topological polar surface area (TPSA) is 28.3 Å². The fourth-order valence-corrected chi connectivity index (χ4v) is 6.27. The molecule has 0 aliphatic heterocycles. The van der Waals surface area contributed by atoms with Crippen molar-refractivity contribution in [1.82, 2.24) is 9.13 Å². The van der Waals surface area contributed by atoms with Crippen molar-refractivity contribution < 1.29 is 22.6 Å². The summed E-state index contributed by atoms with van der Waals surface area (Å²) in [5, 5.41) is 2.25. The Hall–Kier alpha value is -6.21. The molecule has 0 saturated heterocycles. The molecular formula is C43H33F3N2O2. The molecule has 0 saturated carbocycles. The summed E-state index contributed by atoms with van der Waals surface area (Å²) in [6.45, 7) is 0. The van der Waals surface area contributed by atoms with Gasteiger partial charge in [0.05, 0.1) is 47.9 Å². The second-order valence-electron chi connectivity index (χ2n) is 11.7. The molecule has 2 aromatic heterocycles. The van der Waals surface area contributed by atoms with E-state index in [0.717, 1.165) is 34.4 Å². The molecule has 4 nitrogen and oxygen atoms in total. The molecule has 0 unspecified atom stereocenters. The summed E-state index contributed by atoms with van der Waals surface area (Å²) in [4.78, 5) is 0. The third-order valence-corrected chi connectivity index (χ3v) is 8.64. The molecule has 0 atom stereocenters. The van der Waals surface area contributed by atoms with Crippen LogP contribution in [0.15, 0.2) is 164 Å². The zero-order valence-corrected chi connectivity index (χ0v) is 27.4. The van der Waals surface area contributed by atoms with Crippen LogP contribution in [0.1, 0.15) is 5.56 Å². The molecule has 0 spiro atoms. The number of fused-ring (bicyclic) bond motifs is 2. The highest BCUT2D eigenvalue weighted by atomic mass is 19.4. The Bertz CT molecular complexity index is 2380. The van der Waals surface area contributed by atoms with Crippen molar-refractivity contribution in [2.45, 2.75) is 6.18 Å². The van der Waals surface area contributed by atoms with Crippen molar-refractivity contribution in [1.29, 1.82) is 0 Å². The highest BCUT2D eigenvalue weighted by molar-refractivity contribution is 5.90. The Morgan fingerprint density at radius 1 is 0.440 bits per heavy atom. The Balaban J connectivity index is 0.000000165. The van der Waals surface area contributed by atoms with Crippen molar-refractivity contribution in [2.75, 3.05) is 14.2 Å². The number of nitrogens with zero attached hydrogens (tertiary/aromatic N) is 2. The molecule has 8 rings (SSSR count). The molecule has 0 aliphatic carbocycles. The van der Waals surface area contributed by atoms with Gasteiger partial charge < -0.3 is 18.6 Å². The lowest BCUT2D eigenvalue weighted by molar-refractivity contribution is -0.137. The van der Waals surface area contributed by atoms with E-state index in [0.29, 0.717) is 17.1 Å². The quantitative estimate of drug-likeness (QED) is 0.177. The van der Waals surface area contributed by atoms with E-state index in [1.165, 1.54) is 40.0 Å². The first-order valence-corrected chi connectivity index (χ1v) is 16.1. The largest absolute Gasteiger partial charge is 0.493 e. The number of ether oxygens (including phenoxy) is 2. The molecule has 0 amide bonds. The first kappa shape index (κ1) is 32.3. The number of hydrogen-bond donors (Lipinski definition) is 0. The predicted molar refractivity (Wildman–Crippen MR) is 196 cm³/mol. The van der Waals surface area contributed by atoms with E-state index < -0.39 is 11.7 Å². The van der Waals surface area contributed by atoms with Crippen molar-refractivity contribution in [2.24, 2.45) is 0 Å². The van der Waals surface area contributed by atoms with Gasteiger partial charge in [-0.05, 0) is 71.8 Å². The van der Waals surface area contributed by atoms with Gasteiger partial charge in [0.1, 0.15) is 0 Å². The average Bonchev–Trinajstić information content (AvgIpc) is 3.75. The number of halogens is 3. The van der Waals surface area contributed by atoms with Gasteiger partial charge in [0.15, 0.2) is 11.5 Å². The van der Waals surface area contributed by atoms with Gasteiger partial charge in [-0.1, -0.05) is 97.1 Å². The van der Waals surface area contributed by atoms with Crippen LogP contribution in [-0.4, -0.2) is 23.4 Å². The summed E-state index contributed by atoms with van der Waals surface area (Å²) in [7, 11) is 3.13. The maximum atomic E-state index is 13.0. The normalized spacial score (nSPS) is 11.3. The molecule has 8 aromatic rings. The van der Waals surface area contributed by atoms with Gasteiger partial charge in [-0.3, -0.25) is 0 Å². The van der Waals surface area contributed by atoms with Crippen LogP contribution in [-0.2, 0) is 6.18 Å². The van der Waals surface area contributed by atoms with Gasteiger partial charge in [-0.25, -0.2) is 0 Å². The Morgan fingerprint density at radius 2 is 0.920 bits per heavy atom. The van der Waals surface area contributed by atoms with Crippen molar-refractivity contribution in [3.05, 3.63) is 169 Å². The monoisotopic (exact) mass is 666 g/mol. The van der Waals surface area contributed by atoms with Crippen LogP contribution in [0.4, 0.5) is 13.2 Å². The maximum absolute atomic E-state index is 13.0. The van der Waals surface area contributed by atoms with E-state index in [1.807, 2.05) is 47.0 Å².